The van der Waals surface area contributed by atoms with Gasteiger partial charge in [0.05, 0.1) is 16.9 Å². The minimum atomic E-state index is -0.695. The second-order valence-corrected chi connectivity index (χ2v) is 6.71. The summed E-state index contributed by atoms with van der Waals surface area (Å²) in [6, 6.07) is 4.89. The van der Waals surface area contributed by atoms with Crippen LogP contribution in [-0.2, 0) is 16.7 Å². The van der Waals surface area contributed by atoms with Crippen molar-refractivity contribution in [2.75, 3.05) is 11.5 Å². The second kappa shape index (κ2) is 5.21. The summed E-state index contributed by atoms with van der Waals surface area (Å²) in [4.78, 5) is 4.40. The lowest BCUT2D eigenvalue weighted by atomic mass is 10.1. The molecule has 0 atom stereocenters. The van der Waals surface area contributed by atoms with Gasteiger partial charge in [-0.3, -0.25) is 4.21 Å². The number of benzene rings is 1. The Balaban J connectivity index is 2.08. The topological polar surface area (TPSA) is 34.9 Å². The Morgan fingerprint density at radius 1 is 1.42 bits per heavy atom. The lowest BCUT2D eigenvalue weighted by Gasteiger charge is -2.25. The summed E-state index contributed by atoms with van der Waals surface area (Å²) in [7, 11) is -0.695. The summed E-state index contributed by atoms with van der Waals surface area (Å²) in [5, 5.41) is 0. The summed E-state index contributed by atoms with van der Waals surface area (Å²) in [5.41, 5.74) is 1.55. The highest BCUT2D eigenvalue weighted by atomic mass is 35.5. The fourth-order valence-corrected chi connectivity index (χ4v) is 4.13. The first-order valence-electron chi connectivity index (χ1n) is 6.26. The van der Waals surface area contributed by atoms with Gasteiger partial charge in [0.25, 0.3) is 0 Å². The normalized spacial score (nSPS) is 23.9. The van der Waals surface area contributed by atoms with Crippen molar-refractivity contribution in [2.24, 2.45) is 0 Å². The van der Waals surface area contributed by atoms with Gasteiger partial charge in [-0.2, -0.15) is 0 Å². The molecule has 0 radical (unpaired) electrons. The first kappa shape index (κ1) is 13.1. The number of fused-ring (bicyclic) bond motifs is 1. The summed E-state index contributed by atoms with van der Waals surface area (Å²) in [5.74, 6) is 2.21. The van der Waals surface area contributed by atoms with E-state index in [1.165, 1.54) is 12.1 Å². The Hall–Kier alpha value is -0.940. The zero-order chi connectivity index (χ0) is 13.4. The fraction of sp³-hybridized carbons (Fsp3) is 0.462. The molecular weight excluding hydrogens is 287 g/mol. The Kier molecular flexibility index (Phi) is 3.58. The molecule has 3 rings (SSSR count). The number of halogens is 2. The highest BCUT2D eigenvalue weighted by molar-refractivity contribution is 7.85. The highest BCUT2D eigenvalue weighted by Crippen LogP contribution is 2.29. The van der Waals surface area contributed by atoms with Crippen molar-refractivity contribution in [1.29, 1.82) is 0 Å². The molecule has 2 aromatic rings. The molecule has 0 amide bonds. The quantitative estimate of drug-likeness (QED) is 0.799. The molecule has 0 N–H and O–H groups in total. The van der Waals surface area contributed by atoms with Crippen LogP contribution >= 0.6 is 11.6 Å². The van der Waals surface area contributed by atoms with Crippen LogP contribution < -0.4 is 0 Å². The molecule has 1 aliphatic rings. The van der Waals surface area contributed by atoms with E-state index < -0.39 is 10.8 Å². The molecule has 2 heterocycles. The maximum absolute atomic E-state index is 13.3. The van der Waals surface area contributed by atoms with Crippen LogP contribution in [-0.4, -0.2) is 25.3 Å². The third-order valence-corrected chi connectivity index (χ3v) is 5.19. The minimum absolute atomic E-state index is 0.266. The summed E-state index contributed by atoms with van der Waals surface area (Å²) in [6.45, 7) is 0. The molecule has 1 aromatic carbocycles. The summed E-state index contributed by atoms with van der Waals surface area (Å²) in [6.07, 6.45) is 1.72. The lowest BCUT2D eigenvalue weighted by molar-refractivity contribution is 0.462. The Labute approximate surface area is 118 Å². The van der Waals surface area contributed by atoms with E-state index in [0.717, 1.165) is 24.2 Å². The number of imidazole rings is 1. The Morgan fingerprint density at radius 3 is 2.84 bits per heavy atom. The smallest absolute Gasteiger partial charge is 0.125 e. The van der Waals surface area contributed by atoms with Crippen LogP contribution in [0.15, 0.2) is 18.2 Å². The molecule has 19 heavy (non-hydrogen) atoms. The molecule has 0 saturated carbocycles. The molecular formula is C13H14ClFN2OS. The highest BCUT2D eigenvalue weighted by Gasteiger charge is 2.23. The standard InChI is InChI=1S/C13H14ClFN2OS/c14-8-13-16-11-7-9(15)1-2-12(11)17(13)10-3-5-19(18)6-4-10/h1-2,7,10H,3-6,8H2. The van der Waals surface area contributed by atoms with Gasteiger partial charge in [0.1, 0.15) is 11.6 Å². The van der Waals surface area contributed by atoms with Gasteiger partial charge in [-0.05, 0) is 25.0 Å². The van der Waals surface area contributed by atoms with Gasteiger partial charge in [-0.15, -0.1) is 11.6 Å². The Bertz CT molecular complexity index is 633. The molecule has 1 aliphatic heterocycles. The van der Waals surface area contributed by atoms with Crippen molar-refractivity contribution in [3.05, 3.63) is 29.8 Å². The molecule has 1 saturated heterocycles. The van der Waals surface area contributed by atoms with Gasteiger partial charge in [0.2, 0.25) is 0 Å². The molecule has 0 aliphatic carbocycles. The van der Waals surface area contributed by atoms with E-state index in [-0.39, 0.29) is 11.9 Å². The molecule has 0 spiro atoms. The van der Waals surface area contributed by atoms with Crippen molar-refractivity contribution in [3.63, 3.8) is 0 Å². The zero-order valence-corrected chi connectivity index (χ0v) is 11.9. The number of hydrogen-bond acceptors (Lipinski definition) is 2. The lowest BCUT2D eigenvalue weighted by Crippen LogP contribution is -2.22. The van der Waals surface area contributed by atoms with Crippen molar-refractivity contribution in [3.8, 4) is 0 Å². The molecule has 0 unspecified atom stereocenters. The zero-order valence-electron chi connectivity index (χ0n) is 10.3. The van der Waals surface area contributed by atoms with Gasteiger partial charge >= 0.3 is 0 Å². The average Bonchev–Trinajstić information content (AvgIpc) is 2.77. The first-order chi connectivity index (χ1) is 9.19. The number of rotatable bonds is 2. The third kappa shape index (κ3) is 2.41. The predicted octanol–water partition coefficient (Wildman–Crippen LogP) is 3.00. The van der Waals surface area contributed by atoms with Gasteiger partial charge in [0, 0.05) is 34.4 Å². The van der Waals surface area contributed by atoms with E-state index >= 15 is 0 Å². The Morgan fingerprint density at radius 2 is 2.16 bits per heavy atom. The summed E-state index contributed by atoms with van der Waals surface area (Å²) >= 11 is 5.95. The van der Waals surface area contributed by atoms with Crippen LogP contribution in [0.1, 0.15) is 24.7 Å². The van der Waals surface area contributed by atoms with E-state index in [9.17, 15) is 8.60 Å². The van der Waals surface area contributed by atoms with E-state index in [1.807, 2.05) is 0 Å². The van der Waals surface area contributed by atoms with Crippen molar-refractivity contribution in [2.45, 2.75) is 24.8 Å². The molecule has 3 nitrogen and oxygen atoms in total. The fourth-order valence-electron chi connectivity index (χ4n) is 2.66. The number of alkyl halides is 1. The van der Waals surface area contributed by atoms with Gasteiger partial charge < -0.3 is 4.57 Å². The molecule has 0 bridgehead atoms. The monoisotopic (exact) mass is 300 g/mol. The summed E-state index contributed by atoms with van der Waals surface area (Å²) < 4.78 is 26.8. The van der Waals surface area contributed by atoms with E-state index in [2.05, 4.69) is 9.55 Å². The van der Waals surface area contributed by atoms with Crippen LogP contribution in [0.3, 0.4) is 0 Å². The van der Waals surface area contributed by atoms with Crippen LogP contribution in [0.2, 0.25) is 0 Å². The molecule has 102 valence electrons. The molecule has 1 fully saturated rings. The van der Waals surface area contributed by atoms with Crippen molar-refractivity contribution >= 4 is 33.4 Å². The van der Waals surface area contributed by atoms with E-state index in [1.54, 1.807) is 6.07 Å². The van der Waals surface area contributed by atoms with E-state index in [0.29, 0.717) is 22.9 Å². The van der Waals surface area contributed by atoms with Gasteiger partial charge in [-0.1, -0.05) is 0 Å². The van der Waals surface area contributed by atoms with Crippen molar-refractivity contribution in [1.82, 2.24) is 9.55 Å². The predicted molar refractivity (Wildman–Crippen MR) is 75.4 cm³/mol. The number of hydrogen-bond donors (Lipinski definition) is 0. The van der Waals surface area contributed by atoms with Crippen LogP contribution in [0.25, 0.3) is 11.0 Å². The third-order valence-electron chi connectivity index (χ3n) is 3.57. The van der Waals surface area contributed by atoms with Crippen LogP contribution in [0.4, 0.5) is 4.39 Å². The van der Waals surface area contributed by atoms with Crippen LogP contribution in [0, 0.1) is 5.82 Å². The second-order valence-electron chi connectivity index (χ2n) is 4.74. The maximum Gasteiger partial charge on any atom is 0.125 e. The van der Waals surface area contributed by atoms with Gasteiger partial charge in [0.15, 0.2) is 0 Å². The van der Waals surface area contributed by atoms with Gasteiger partial charge in [-0.25, -0.2) is 9.37 Å². The largest absolute Gasteiger partial charge is 0.324 e. The van der Waals surface area contributed by atoms with E-state index in [4.69, 9.17) is 11.6 Å². The average molecular weight is 301 g/mol. The SMILES string of the molecule is O=S1CCC(n2c(CCl)nc3cc(F)ccc32)CC1. The number of nitrogens with zero attached hydrogens (tertiary/aromatic N) is 2. The molecule has 6 heteroatoms. The van der Waals surface area contributed by atoms with Crippen LogP contribution in [0.5, 0.6) is 0 Å². The molecule has 1 aromatic heterocycles. The number of aromatic nitrogens is 2. The minimum Gasteiger partial charge on any atom is -0.324 e. The maximum atomic E-state index is 13.3. The van der Waals surface area contributed by atoms with Crippen molar-refractivity contribution < 1.29 is 8.60 Å². The first-order valence-corrected chi connectivity index (χ1v) is 8.28.